The summed E-state index contributed by atoms with van der Waals surface area (Å²) in [6.07, 6.45) is 1.94. The maximum atomic E-state index is 9.20. The van der Waals surface area contributed by atoms with Gasteiger partial charge in [-0.15, -0.1) is 0 Å². The monoisotopic (exact) mass is 223 g/mol. The van der Waals surface area contributed by atoms with E-state index >= 15 is 0 Å². The fourth-order valence-electron chi connectivity index (χ4n) is 1.52. The highest BCUT2D eigenvalue weighted by Crippen LogP contribution is 2.38. The summed E-state index contributed by atoms with van der Waals surface area (Å²) in [5.41, 5.74) is 6.08. The van der Waals surface area contributed by atoms with Crippen LogP contribution in [0.2, 0.25) is 0 Å². The molecule has 0 spiro atoms. The van der Waals surface area contributed by atoms with Gasteiger partial charge in [0.15, 0.2) is 0 Å². The number of ether oxygens (including phenoxy) is 1. The fourth-order valence-corrected chi connectivity index (χ4v) is 1.52. The number of rotatable bonds is 5. The molecule has 0 aliphatic heterocycles. The first kappa shape index (κ1) is 11.0. The van der Waals surface area contributed by atoms with Gasteiger partial charge in [0.05, 0.1) is 24.4 Å². The zero-order valence-electron chi connectivity index (χ0n) is 9.36. The van der Waals surface area contributed by atoms with Crippen LogP contribution >= 0.6 is 0 Å². The van der Waals surface area contributed by atoms with Gasteiger partial charge in [0, 0.05) is 0 Å². The third kappa shape index (κ3) is 2.19. The third-order valence-corrected chi connectivity index (χ3v) is 2.72. The minimum Gasteiger partial charge on any atom is -0.476 e. The summed E-state index contributed by atoms with van der Waals surface area (Å²) in [7, 11) is 0. The molecule has 0 aromatic carbocycles. The minimum atomic E-state index is -0.174. The summed E-state index contributed by atoms with van der Waals surface area (Å²) in [5.74, 6) is 1.14. The molecule has 1 heterocycles. The molecule has 1 aromatic heterocycles. The van der Waals surface area contributed by atoms with E-state index in [1.807, 2.05) is 6.92 Å². The molecule has 0 radical (unpaired) electrons. The number of anilines is 2. The Kier molecular flexibility index (Phi) is 2.87. The highest BCUT2D eigenvalue weighted by Gasteiger charge is 2.42. The van der Waals surface area contributed by atoms with Crippen molar-refractivity contribution in [2.45, 2.75) is 25.3 Å². The van der Waals surface area contributed by atoms with Crippen molar-refractivity contribution in [1.29, 1.82) is 0 Å². The first-order valence-corrected chi connectivity index (χ1v) is 5.47. The van der Waals surface area contributed by atoms with E-state index in [2.05, 4.69) is 10.3 Å². The zero-order chi connectivity index (χ0) is 11.6. The molecule has 5 heteroatoms. The van der Waals surface area contributed by atoms with E-state index in [9.17, 15) is 5.11 Å². The first-order valence-electron chi connectivity index (χ1n) is 5.47. The molecule has 1 saturated carbocycles. The van der Waals surface area contributed by atoms with Crippen LogP contribution in [0.1, 0.15) is 19.8 Å². The van der Waals surface area contributed by atoms with E-state index < -0.39 is 0 Å². The Balaban J connectivity index is 2.12. The van der Waals surface area contributed by atoms with E-state index in [0.29, 0.717) is 24.0 Å². The maximum absolute atomic E-state index is 9.20. The van der Waals surface area contributed by atoms with Crippen LogP contribution in [-0.2, 0) is 0 Å². The molecule has 5 nitrogen and oxygen atoms in total. The third-order valence-electron chi connectivity index (χ3n) is 2.72. The lowest BCUT2D eigenvalue weighted by molar-refractivity contribution is 0.265. The molecule has 4 N–H and O–H groups in total. The van der Waals surface area contributed by atoms with E-state index in [1.54, 1.807) is 12.1 Å². The summed E-state index contributed by atoms with van der Waals surface area (Å²) in [6.45, 7) is 2.55. The van der Waals surface area contributed by atoms with Gasteiger partial charge in [0.2, 0.25) is 5.88 Å². The van der Waals surface area contributed by atoms with Crippen molar-refractivity contribution in [1.82, 2.24) is 4.98 Å². The van der Waals surface area contributed by atoms with Crippen molar-refractivity contribution in [3.63, 3.8) is 0 Å². The van der Waals surface area contributed by atoms with Crippen molar-refractivity contribution >= 4 is 11.5 Å². The molecular formula is C11H17N3O2. The number of pyridine rings is 1. The largest absolute Gasteiger partial charge is 0.476 e. The van der Waals surface area contributed by atoms with Gasteiger partial charge in [-0.3, -0.25) is 0 Å². The molecule has 88 valence electrons. The number of nitrogens with two attached hydrogens (primary N) is 1. The molecule has 1 aliphatic rings. The number of aliphatic hydroxyl groups is 1. The zero-order valence-corrected chi connectivity index (χ0v) is 9.36. The van der Waals surface area contributed by atoms with Gasteiger partial charge in [0.1, 0.15) is 5.82 Å². The smallest absolute Gasteiger partial charge is 0.239 e. The molecule has 16 heavy (non-hydrogen) atoms. The molecule has 1 fully saturated rings. The predicted octanol–water partition coefficient (Wildman–Crippen LogP) is 0.999. The number of nitrogens with one attached hydrogen (secondary N) is 1. The van der Waals surface area contributed by atoms with Crippen molar-refractivity contribution in [3.8, 4) is 5.88 Å². The van der Waals surface area contributed by atoms with Gasteiger partial charge >= 0.3 is 0 Å². The molecule has 0 unspecified atom stereocenters. The number of hydrogen-bond acceptors (Lipinski definition) is 5. The van der Waals surface area contributed by atoms with E-state index in [1.165, 1.54) is 0 Å². The van der Waals surface area contributed by atoms with Crippen LogP contribution in [0.15, 0.2) is 12.1 Å². The average Bonchev–Trinajstić information content (AvgIpc) is 3.04. The lowest BCUT2D eigenvalue weighted by atomic mass is 10.3. The van der Waals surface area contributed by atoms with Gasteiger partial charge in [-0.1, -0.05) is 0 Å². The second kappa shape index (κ2) is 4.17. The van der Waals surface area contributed by atoms with Gasteiger partial charge in [-0.2, -0.15) is 4.98 Å². The number of aromatic nitrogens is 1. The number of hydrogen-bond donors (Lipinski definition) is 3. The number of nitrogens with zero attached hydrogens (tertiary/aromatic N) is 1. The standard InChI is InChI=1S/C11H17N3O2/c1-2-16-10-8(12)3-4-9(13-10)14-11(7-15)5-6-11/h3-4,15H,2,5-7,12H2,1H3,(H,13,14). The van der Waals surface area contributed by atoms with Gasteiger partial charge in [-0.25, -0.2) is 0 Å². The summed E-state index contributed by atoms with van der Waals surface area (Å²) in [4.78, 5) is 4.27. The van der Waals surface area contributed by atoms with Crippen LogP contribution in [-0.4, -0.2) is 28.8 Å². The number of nitrogen functional groups attached to an aromatic ring is 1. The fraction of sp³-hybridized carbons (Fsp3) is 0.545. The van der Waals surface area contributed by atoms with Crippen molar-refractivity contribution in [2.24, 2.45) is 0 Å². The Bertz CT molecular complexity index is 377. The summed E-state index contributed by atoms with van der Waals surface area (Å²) in [6, 6.07) is 3.56. The van der Waals surface area contributed by atoms with Gasteiger partial charge in [0.25, 0.3) is 0 Å². The lowest BCUT2D eigenvalue weighted by Gasteiger charge is -2.16. The summed E-state index contributed by atoms with van der Waals surface area (Å²) < 4.78 is 5.31. The normalized spacial score (nSPS) is 16.9. The Morgan fingerprint density at radius 3 is 2.88 bits per heavy atom. The lowest BCUT2D eigenvalue weighted by Crippen LogP contribution is -2.26. The molecule has 0 saturated heterocycles. The molecular weight excluding hydrogens is 206 g/mol. The Labute approximate surface area is 94.6 Å². The van der Waals surface area contributed by atoms with Crippen LogP contribution in [0.3, 0.4) is 0 Å². The summed E-state index contributed by atoms with van der Waals surface area (Å²) in [5, 5.41) is 12.4. The molecule has 1 aliphatic carbocycles. The van der Waals surface area contributed by atoms with Gasteiger partial charge in [-0.05, 0) is 31.9 Å². The number of aliphatic hydroxyl groups excluding tert-OH is 1. The second-order valence-corrected chi connectivity index (χ2v) is 4.09. The Morgan fingerprint density at radius 2 is 2.31 bits per heavy atom. The minimum absolute atomic E-state index is 0.128. The van der Waals surface area contributed by atoms with Crippen LogP contribution in [0, 0.1) is 0 Å². The van der Waals surface area contributed by atoms with Crippen LogP contribution in [0.25, 0.3) is 0 Å². The first-order chi connectivity index (χ1) is 7.69. The van der Waals surface area contributed by atoms with Crippen LogP contribution in [0.5, 0.6) is 5.88 Å². The SMILES string of the molecule is CCOc1nc(NC2(CO)CC2)ccc1N. The maximum Gasteiger partial charge on any atom is 0.239 e. The Morgan fingerprint density at radius 1 is 1.56 bits per heavy atom. The second-order valence-electron chi connectivity index (χ2n) is 4.09. The van der Waals surface area contributed by atoms with Gasteiger partial charge < -0.3 is 20.9 Å². The van der Waals surface area contributed by atoms with E-state index in [0.717, 1.165) is 12.8 Å². The molecule has 0 amide bonds. The average molecular weight is 223 g/mol. The molecule has 1 aromatic rings. The molecule has 0 atom stereocenters. The summed E-state index contributed by atoms with van der Waals surface area (Å²) >= 11 is 0. The Hall–Kier alpha value is -1.49. The van der Waals surface area contributed by atoms with Crippen LogP contribution < -0.4 is 15.8 Å². The highest BCUT2D eigenvalue weighted by molar-refractivity contribution is 5.54. The predicted molar refractivity (Wildman–Crippen MR) is 62.5 cm³/mol. The topological polar surface area (TPSA) is 80.4 Å². The van der Waals surface area contributed by atoms with Crippen molar-refractivity contribution < 1.29 is 9.84 Å². The molecule has 0 bridgehead atoms. The van der Waals surface area contributed by atoms with Crippen molar-refractivity contribution in [3.05, 3.63) is 12.1 Å². The van der Waals surface area contributed by atoms with E-state index in [4.69, 9.17) is 10.5 Å². The van der Waals surface area contributed by atoms with Crippen molar-refractivity contribution in [2.75, 3.05) is 24.3 Å². The quantitative estimate of drug-likeness (QED) is 0.694. The highest BCUT2D eigenvalue weighted by atomic mass is 16.5. The van der Waals surface area contributed by atoms with E-state index in [-0.39, 0.29) is 12.1 Å². The molecule has 2 rings (SSSR count). The van der Waals surface area contributed by atoms with Crippen LogP contribution in [0.4, 0.5) is 11.5 Å².